The Bertz CT molecular complexity index is 457. The molecule has 0 bridgehead atoms. The van der Waals surface area contributed by atoms with Gasteiger partial charge in [-0.2, -0.15) is 0 Å². The molecular weight excluding hydrogens is 291 g/mol. The van der Waals surface area contributed by atoms with Crippen LogP contribution in [0.3, 0.4) is 0 Å². The topological polar surface area (TPSA) is 9.23 Å². The lowest BCUT2D eigenvalue weighted by Crippen LogP contribution is -2.01. The third-order valence-electron chi connectivity index (χ3n) is 3.59. The molecule has 18 heavy (non-hydrogen) atoms. The average Bonchev–Trinajstić information content (AvgIpc) is 2.92. The minimum Gasteiger partial charge on any atom is -0.492 e. The first kappa shape index (κ1) is 14.3. The van der Waals surface area contributed by atoms with Gasteiger partial charge >= 0.3 is 0 Å². The Kier molecular flexibility index (Phi) is 4.06. The van der Waals surface area contributed by atoms with Crippen LogP contribution in [0, 0.1) is 11.3 Å². The van der Waals surface area contributed by atoms with Crippen molar-refractivity contribution in [1.82, 2.24) is 0 Å². The van der Waals surface area contributed by atoms with E-state index in [0.29, 0.717) is 33.7 Å². The van der Waals surface area contributed by atoms with Crippen LogP contribution in [0.25, 0.3) is 0 Å². The molecule has 2 atom stereocenters. The van der Waals surface area contributed by atoms with Gasteiger partial charge in [0.05, 0.1) is 17.0 Å². The fourth-order valence-corrected chi connectivity index (χ4v) is 3.41. The van der Waals surface area contributed by atoms with Gasteiger partial charge in [0.1, 0.15) is 5.75 Å². The molecular formula is C14H17Cl3O. The molecule has 1 aromatic rings. The van der Waals surface area contributed by atoms with Crippen molar-refractivity contribution in [3.63, 3.8) is 0 Å². The number of hydrogen-bond donors (Lipinski definition) is 0. The van der Waals surface area contributed by atoms with Crippen molar-refractivity contribution in [2.75, 3.05) is 6.61 Å². The zero-order chi connectivity index (χ0) is 13.5. The molecule has 0 heterocycles. The third kappa shape index (κ3) is 2.74. The molecule has 1 aliphatic carbocycles. The Morgan fingerprint density at radius 3 is 2.44 bits per heavy atom. The summed E-state index contributed by atoms with van der Waals surface area (Å²) in [6, 6.07) is 3.59. The second-order valence-electron chi connectivity index (χ2n) is 5.44. The van der Waals surface area contributed by atoms with E-state index in [9.17, 15) is 0 Å². The van der Waals surface area contributed by atoms with Gasteiger partial charge in [-0.3, -0.25) is 0 Å². The maximum atomic E-state index is 6.51. The van der Waals surface area contributed by atoms with E-state index in [0.717, 1.165) is 12.0 Å². The first-order chi connectivity index (χ1) is 8.36. The average molecular weight is 308 g/mol. The van der Waals surface area contributed by atoms with Crippen LogP contribution in [0.5, 0.6) is 5.75 Å². The highest BCUT2D eigenvalue weighted by molar-refractivity contribution is 6.35. The van der Waals surface area contributed by atoms with Crippen molar-refractivity contribution >= 4 is 34.8 Å². The number of hydrogen-bond acceptors (Lipinski definition) is 1. The largest absolute Gasteiger partial charge is 0.492 e. The standard InChI is InChI=1S/C14H17Cl3O/c1-4-18-12-6-10(15)8(5-11(12)16)13(17)9-7-14(9,2)3/h5-6,9,13H,4,7H2,1-3H3. The van der Waals surface area contributed by atoms with Gasteiger partial charge in [-0.1, -0.05) is 37.0 Å². The first-order valence-corrected chi connectivity index (χ1v) is 7.32. The lowest BCUT2D eigenvalue weighted by Gasteiger charge is -2.15. The van der Waals surface area contributed by atoms with Gasteiger partial charge < -0.3 is 4.74 Å². The molecule has 100 valence electrons. The molecule has 0 amide bonds. The molecule has 1 aromatic carbocycles. The van der Waals surface area contributed by atoms with Crippen LogP contribution in [0.15, 0.2) is 12.1 Å². The summed E-state index contributed by atoms with van der Waals surface area (Å²) in [4.78, 5) is 0. The van der Waals surface area contributed by atoms with Crippen molar-refractivity contribution in [2.45, 2.75) is 32.6 Å². The number of alkyl halides is 1. The number of halogens is 3. The molecule has 0 aliphatic heterocycles. The van der Waals surface area contributed by atoms with Crippen molar-refractivity contribution < 1.29 is 4.74 Å². The number of rotatable bonds is 4. The summed E-state index contributed by atoms with van der Waals surface area (Å²) in [5, 5.41) is 1.12. The Morgan fingerprint density at radius 1 is 1.33 bits per heavy atom. The SMILES string of the molecule is CCOc1cc(Cl)c(C(Cl)C2CC2(C)C)cc1Cl. The number of benzene rings is 1. The van der Waals surface area contributed by atoms with E-state index in [4.69, 9.17) is 39.5 Å². The Balaban J connectivity index is 2.26. The fraction of sp³-hybridized carbons (Fsp3) is 0.571. The van der Waals surface area contributed by atoms with Gasteiger partial charge in [0.25, 0.3) is 0 Å². The van der Waals surface area contributed by atoms with Gasteiger partial charge in [-0.25, -0.2) is 0 Å². The van der Waals surface area contributed by atoms with Crippen molar-refractivity contribution in [3.8, 4) is 5.75 Å². The Morgan fingerprint density at radius 2 is 1.94 bits per heavy atom. The van der Waals surface area contributed by atoms with Crippen molar-refractivity contribution in [3.05, 3.63) is 27.7 Å². The zero-order valence-corrected chi connectivity index (χ0v) is 13.0. The molecule has 0 N–H and O–H groups in total. The van der Waals surface area contributed by atoms with E-state index in [-0.39, 0.29) is 5.38 Å². The summed E-state index contributed by atoms with van der Waals surface area (Å²) < 4.78 is 5.41. The Hall–Kier alpha value is -0.110. The summed E-state index contributed by atoms with van der Waals surface area (Å²) >= 11 is 19.0. The first-order valence-electron chi connectivity index (χ1n) is 6.12. The predicted molar refractivity (Wildman–Crippen MR) is 78.1 cm³/mol. The smallest absolute Gasteiger partial charge is 0.139 e. The van der Waals surface area contributed by atoms with E-state index >= 15 is 0 Å². The summed E-state index contributed by atoms with van der Waals surface area (Å²) in [6.07, 6.45) is 1.13. The highest BCUT2D eigenvalue weighted by Crippen LogP contribution is 2.60. The highest BCUT2D eigenvalue weighted by atomic mass is 35.5. The summed E-state index contributed by atoms with van der Waals surface area (Å²) in [5.74, 6) is 1.08. The molecule has 4 heteroatoms. The lowest BCUT2D eigenvalue weighted by molar-refractivity contribution is 0.340. The number of ether oxygens (including phenoxy) is 1. The molecule has 0 radical (unpaired) electrons. The van der Waals surface area contributed by atoms with Crippen LogP contribution < -0.4 is 4.74 Å². The van der Waals surface area contributed by atoms with Crippen LogP contribution in [0.1, 0.15) is 38.1 Å². The maximum absolute atomic E-state index is 6.51. The van der Waals surface area contributed by atoms with Crippen LogP contribution in [-0.4, -0.2) is 6.61 Å². The second-order valence-corrected chi connectivity index (χ2v) is 6.72. The molecule has 0 saturated heterocycles. The normalized spacial score (nSPS) is 22.7. The molecule has 0 spiro atoms. The molecule has 2 rings (SSSR count). The third-order valence-corrected chi connectivity index (χ3v) is 4.75. The van der Waals surface area contributed by atoms with Gasteiger partial charge in [0.2, 0.25) is 0 Å². The molecule has 2 unspecified atom stereocenters. The molecule has 1 nitrogen and oxygen atoms in total. The van der Waals surface area contributed by atoms with Crippen LogP contribution >= 0.6 is 34.8 Å². The van der Waals surface area contributed by atoms with E-state index in [1.807, 2.05) is 13.0 Å². The predicted octanol–water partition coefficient (Wildman–Crippen LogP) is 5.72. The van der Waals surface area contributed by atoms with E-state index in [2.05, 4.69) is 13.8 Å². The van der Waals surface area contributed by atoms with Crippen molar-refractivity contribution in [1.29, 1.82) is 0 Å². The van der Waals surface area contributed by atoms with Crippen LogP contribution in [-0.2, 0) is 0 Å². The monoisotopic (exact) mass is 306 g/mol. The fourth-order valence-electron chi connectivity index (χ4n) is 2.25. The van der Waals surface area contributed by atoms with Gasteiger partial charge in [0, 0.05) is 11.1 Å². The quantitative estimate of drug-likeness (QED) is 0.647. The molecule has 1 saturated carbocycles. The minimum atomic E-state index is -0.0827. The van der Waals surface area contributed by atoms with E-state index < -0.39 is 0 Å². The minimum absolute atomic E-state index is 0.0827. The summed E-state index contributed by atoms with van der Waals surface area (Å²) in [7, 11) is 0. The van der Waals surface area contributed by atoms with E-state index in [1.165, 1.54) is 0 Å². The van der Waals surface area contributed by atoms with Gasteiger partial charge in [0.15, 0.2) is 0 Å². The van der Waals surface area contributed by atoms with Crippen LogP contribution in [0.4, 0.5) is 0 Å². The van der Waals surface area contributed by atoms with Gasteiger partial charge in [-0.15, -0.1) is 11.6 Å². The molecule has 1 fully saturated rings. The van der Waals surface area contributed by atoms with Crippen molar-refractivity contribution in [2.24, 2.45) is 11.3 Å². The highest BCUT2D eigenvalue weighted by Gasteiger charge is 2.50. The zero-order valence-electron chi connectivity index (χ0n) is 10.8. The van der Waals surface area contributed by atoms with Gasteiger partial charge in [-0.05, 0) is 36.3 Å². The summed E-state index contributed by atoms with van der Waals surface area (Å²) in [6.45, 7) is 6.92. The molecule has 1 aliphatic rings. The van der Waals surface area contributed by atoms with Crippen LogP contribution in [0.2, 0.25) is 10.0 Å². The molecule has 0 aromatic heterocycles. The lowest BCUT2D eigenvalue weighted by atomic mass is 10.0. The Labute approximate surface area is 123 Å². The summed E-state index contributed by atoms with van der Waals surface area (Å²) in [5.41, 5.74) is 1.21. The maximum Gasteiger partial charge on any atom is 0.139 e. The second kappa shape index (κ2) is 5.11. The van der Waals surface area contributed by atoms with E-state index in [1.54, 1.807) is 6.07 Å².